The van der Waals surface area contributed by atoms with Crippen LogP contribution in [0, 0.1) is 0 Å². The molecule has 0 spiro atoms. The van der Waals surface area contributed by atoms with Crippen LogP contribution in [-0.2, 0) is 6.54 Å². The summed E-state index contributed by atoms with van der Waals surface area (Å²) in [6, 6.07) is 4.26. The van der Waals surface area contributed by atoms with Crippen molar-refractivity contribution >= 4 is 17.2 Å². The van der Waals surface area contributed by atoms with Crippen LogP contribution in [0.15, 0.2) is 29.9 Å². The standard InChI is InChI=1S/C14H18N4OS/c19-14(17-10-13-16-7-9-20-13)12-2-1-8-18(12)11-3-5-15-6-4-11/h1-2,7-9,11,15H,3-6,10H2,(H,17,19). The highest BCUT2D eigenvalue weighted by atomic mass is 32.1. The van der Waals surface area contributed by atoms with Crippen LogP contribution in [0.1, 0.15) is 34.4 Å². The molecule has 1 aliphatic heterocycles. The molecule has 0 aromatic carbocycles. The zero-order valence-electron chi connectivity index (χ0n) is 11.2. The highest BCUT2D eigenvalue weighted by Crippen LogP contribution is 2.21. The van der Waals surface area contributed by atoms with Crippen molar-refractivity contribution in [1.29, 1.82) is 0 Å². The molecule has 0 atom stereocenters. The number of carbonyl (C=O) groups is 1. The Balaban J connectivity index is 1.67. The largest absolute Gasteiger partial charge is 0.344 e. The molecule has 106 valence electrons. The molecule has 20 heavy (non-hydrogen) atoms. The summed E-state index contributed by atoms with van der Waals surface area (Å²) in [5.74, 6) is -0.0243. The molecule has 5 nitrogen and oxygen atoms in total. The Morgan fingerprint density at radius 2 is 2.35 bits per heavy atom. The summed E-state index contributed by atoms with van der Waals surface area (Å²) in [6.07, 6.45) is 5.90. The summed E-state index contributed by atoms with van der Waals surface area (Å²) in [6.45, 7) is 2.53. The summed E-state index contributed by atoms with van der Waals surface area (Å²) >= 11 is 1.55. The van der Waals surface area contributed by atoms with Gasteiger partial charge in [0.2, 0.25) is 0 Å². The van der Waals surface area contributed by atoms with E-state index < -0.39 is 0 Å². The molecule has 6 heteroatoms. The SMILES string of the molecule is O=C(NCc1nccs1)c1cccn1C1CCNCC1. The molecule has 1 saturated heterocycles. The fraction of sp³-hybridized carbons (Fsp3) is 0.429. The summed E-state index contributed by atoms with van der Waals surface area (Å²) in [5, 5.41) is 9.13. The van der Waals surface area contributed by atoms with Gasteiger partial charge in [0.05, 0.1) is 6.54 Å². The van der Waals surface area contributed by atoms with Crippen molar-refractivity contribution in [3.05, 3.63) is 40.6 Å². The lowest BCUT2D eigenvalue weighted by Gasteiger charge is -2.25. The number of amides is 1. The zero-order valence-corrected chi connectivity index (χ0v) is 12.0. The Morgan fingerprint density at radius 3 is 3.10 bits per heavy atom. The first-order valence-corrected chi connectivity index (χ1v) is 7.76. The van der Waals surface area contributed by atoms with Gasteiger partial charge in [0.25, 0.3) is 5.91 Å². The minimum absolute atomic E-state index is 0.0243. The van der Waals surface area contributed by atoms with Gasteiger partial charge in [0.1, 0.15) is 10.7 Å². The van der Waals surface area contributed by atoms with Crippen molar-refractivity contribution in [1.82, 2.24) is 20.2 Å². The lowest BCUT2D eigenvalue weighted by Crippen LogP contribution is -2.32. The number of aromatic nitrogens is 2. The van der Waals surface area contributed by atoms with Crippen LogP contribution < -0.4 is 10.6 Å². The quantitative estimate of drug-likeness (QED) is 0.902. The van der Waals surface area contributed by atoms with Crippen LogP contribution in [0.5, 0.6) is 0 Å². The second-order valence-corrected chi connectivity index (χ2v) is 5.87. The van der Waals surface area contributed by atoms with Gasteiger partial charge in [-0.05, 0) is 38.1 Å². The third kappa shape index (κ3) is 2.91. The Kier molecular flexibility index (Phi) is 4.13. The highest BCUT2D eigenvalue weighted by Gasteiger charge is 2.19. The Hall–Kier alpha value is -1.66. The minimum atomic E-state index is -0.0243. The maximum Gasteiger partial charge on any atom is 0.268 e. The second kappa shape index (κ2) is 6.19. The van der Waals surface area contributed by atoms with Gasteiger partial charge >= 0.3 is 0 Å². The van der Waals surface area contributed by atoms with Crippen LogP contribution in [-0.4, -0.2) is 28.5 Å². The highest BCUT2D eigenvalue weighted by molar-refractivity contribution is 7.09. The van der Waals surface area contributed by atoms with Gasteiger partial charge in [0.15, 0.2) is 0 Å². The normalized spacial score (nSPS) is 16.2. The first kappa shape index (κ1) is 13.3. The molecular weight excluding hydrogens is 272 g/mol. The topological polar surface area (TPSA) is 59.0 Å². The molecule has 0 aliphatic carbocycles. The van der Waals surface area contributed by atoms with Crippen LogP contribution in [0.2, 0.25) is 0 Å². The first-order chi connectivity index (χ1) is 9.84. The van der Waals surface area contributed by atoms with Crippen LogP contribution >= 0.6 is 11.3 Å². The number of nitrogens with zero attached hydrogens (tertiary/aromatic N) is 2. The molecule has 0 bridgehead atoms. The van der Waals surface area contributed by atoms with Gasteiger partial charge in [-0.3, -0.25) is 4.79 Å². The lowest BCUT2D eigenvalue weighted by molar-refractivity contribution is 0.0938. The number of rotatable bonds is 4. The van der Waals surface area contributed by atoms with E-state index in [4.69, 9.17) is 0 Å². The summed E-state index contributed by atoms with van der Waals surface area (Å²) in [7, 11) is 0. The molecule has 1 fully saturated rings. The fourth-order valence-corrected chi connectivity index (χ4v) is 3.13. The number of thiazole rings is 1. The fourth-order valence-electron chi connectivity index (χ4n) is 2.58. The summed E-state index contributed by atoms with van der Waals surface area (Å²) in [4.78, 5) is 16.5. The lowest BCUT2D eigenvalue weighted by atomic mass is 10.1. The molecular formula is C14H18N4OS. The van der Waals surface area contributed by atoms with Gasteiger partial charge in [0, 0.05) is 23.8 Å². The van der Waals surface area contributed by atoms with Gasteiger partial charge < -0.3 is 15.2 Å². The summed E-state index contributed by atoms with van der Waals surface area (Å²) in [5.41, 5.74) is 0.744. The van der Waals surface area contributed by atoms with Gasteiger partial charge in [-0.15, -0.1) is 11.3 Å². The smallest absolute Gasteiger partial charge is 0.268 e. The van der Waals surface area contributed by atoms with E-state index in [1.807, 2.05) is 23.7 Å². The number of hydrogen-bond donors (Lipinski definition) is 2. The van der Waals surface area contributed by atoms with Crippen molar-refractivity contribution in [2.45, 2.75) is 25.4 Å². The monoisotopic (exact) mass is 290 g/mol. The molecule has 0 radical (unpaired) electrons. The molecule has 3 rings (SSSR count). The second-order valence-electron chi connectivity index (χ2n) is 4.89. The molecule has 1 aliphatic rings. The van der Waals surface area contributed by atoms with Crippen molar-refractivity contribution in [2.24, 2.45) is 0 Å². The van der Waals surface area contributed by atoms with Crippen LogP contribution in [0.4, 0.5) is 0 Å². The van der Waals surface area contributed by atoms with Crippen LogP contribution in [0.3, 0.4) is 0 Å². The van der Waals surface area contributed by atoms with Crippen LogP contribution in [0.25, 0.3) is 0 Å². The summed E-state index contributed by atoms with van der Waals surface area (Å²) < 4.78 is 2.11. The Labute approximate surface area is 122 Å². The number of hydrogen-bond acceptors (Lipinski definition) is 4. The maximum absolute atomic E-state index is 12.3. The van der Waals surface area contributed by atoms with Gasteiger partial charge in [-0.1, -0.05) is 0 Å². The van der Waals surface area contributed by atoms with E-state index in [2.05, 4.69) is 20.2 Å². The average molecular weight is 290 g/mol. The van der Waals surface area contributed by atoms with Crippen molar-refractivity contribution in [2.75, 3.05) is 13.1 Å². The van der Waals surface area contributed by atoms with E-state index in [0.717, 1.165) is 36.6 Å². The Bertz CT molecular complexity index is 558. The van der Waals surface area contributed by atoms with Gasteiger partial charge in [-0.25, -0.2) is 4.98 Å². The zero-order chi connectivity index (χ0) is 13.8. The van der Waals surface area contributed by atoms with Gasteiger partial charge in [-0.2, -0.15) is 0 Å². The van der Waals surface area contributed by atoms with E-state index >= 15 is 0 Å². The molecule has 1 amide bonds. The third-order valence-corrected chi connectivity index (χ3v) is 4.38. The number of carbonyl (C=O) groups excluding carboxylic acids is 1. The Morgan fingerprint density at radius 1 is 1.50 bits per heavy atom. The molecule has 0 unspecified atom stereocenters. The van der Waals surface area contributed by atoms with E-state index in [1.54, 1.807) is 17.5 Å². The van der Waals surface area contributed by atoms with Crippen molar-refractivity contribution < 1.29 is 4.79 Å². The molecule has 3 heterocycles. The molecule has 2 aromatic heterocycles. The van der Waals surface area contributed by atoms with E-state index in [9.17, 15) is 4.79 Å². The molecule has 2 N–H and O–H groups in total. The van der Waals surface area contributed by atoms with Crippen molar-refractivity contribution in [3.63, 3.8) is 0 Å². The number of nitrogens with one attached hydrogen (secondary N) is 2. The van der Waals surface area contributed by atoms with E-state index in [1.165, 1.54) is 0 Å². The average Bonchev–Trinajstić information content (AvgIpc) is 3.17. The minimum Gasteiger partial charge on any atom is -0.344 e. The number of piperidine rings is 1. The predicted molar refractivity (Wildman–Crippen MR) is 78.9 cm³/mol. The van der Waals surface area contributed by atoms with E-state index in [-0.39, 0.29) is 5.91 Å². The maximum atomic E-state index is 12.3. The first-order valence-electron chi connectivity index (χ1n) is 6.89. The van der Waals surface area contributed by atoms with Crippen molar-refractivity contribution in [3.8, 4) is 0 Å². The predicted octanol–water partition coefficient (Wildman–Crippen LogP) is 1.80. The molecule has 2 aromatic rings. The molecule has 0 saturated carbocycles. The van der Waals surface area contributed by atoms with E-state index in [0.29, 0.717) is 12.6 Å². The third-order valence-electron chi connectivity index (χ3n) is 3.60.